The van der Waals surface area contributed by atoms with Gasteiger partial charge in [0.05, 0.1) is 19.3 Å². The Balaban J connectivity index is 1.50. The van der Waals surface area contributed by atoms with Crippen molar-refractivity contribution in [2.24, 2.45) is 0 Å². The van der Waals surface area contributed by atoms with Gasteiger partial charge in [0, 0.05) is 36.8 Å². The van der Waals surface area contributed by atoms with Gasteiger partial charge in [0.2, 0.25) is 5.91 Å². The molecule has 0 radical (unpaired) electrons. The van der Waals surface area contributed by atoms with Crippen LogP contribution in [0.5, 0.6) is 5.75 Å². The van der Waals surface area contributed by atoms with Crippen molar-refractivity contribution in [3.05, 3.63) is 42.1 Å². The number of carbonyl (C=O) groups is 2. The van der Waals surface area contributed by atoms with Crippen LogP contribution in [-0.2, 0) is 4.79 Å². The third-order valence-corrected chi connectivity index (χ3v) is 5.53. The predicted octanol–water partition coefficient (Wildman–Crippen LogP) is 2.69. The van der Waals surface area contributed by atoms with Crippen LogP contribution in [0.25, 0.3) is 0 Å². The van der Waals surface area contributed by atoms with Crippen molar-refractivity contribution in [3.63, 3.8) is 0 Å². The molecule has 1 atom stereocenters. The number of hydrogen-bond donors (Lipinski definition) is 2. The number of rotatable bonds is 7. The van der Waals surface area contributed by atoms with Crippen molar-refractivity contribution < 1.29 is 14.3 Å². The van der Waals surface area contributed by atoms with Crippen molar-refractivity contribution in [1.82, 2.24) is 20.0 Å². The van der Waals surface area contributed by atoms with E-state index in [1.807, 2.05) is 39.0 Å². The van der Waals surface area contributed by atoms with Gasteiger partial charge in [0.15, 0.2) is 0 Å². The zero-order valence-corrected chi connectivity index (χ0v) is 18.1. The standard InChI is InChI=1S/C22H31N5O3/c1-15(2)27-20(8-11-23-27)25-21(28)16(3)26-12-9-18(10-13-26)24-22(29)17-6-5-7-19(14-17)30-4/h5-8,11,14-16,18H,9-10,12-13H2,1-4H3,(H,24,29)(H,25,28)/t16-/m1/s1. The first-order valence-electron chi connectivity index (χ1n) is 10.4. The molecule has 1 saturated heterocycles. The maximum Gasteiger partial charge on any atom is 0.251 e. The third kappa shape index (κ3) is 5.18. The van der Waals surface area contributed by atoms with E-state index in [0.717, 1.165) is 25.9 Å². The number of amides is 2. The van der Waals surface area contributed by atoms with Gasteiger partial charge in [-0.15, -0.1) is 0 Å². The highest BCUT2D eigenvalue weighted by Crippen LogP contribution is 2.18. The summed E-state index contributed by atoms with van der Waals surface area (Å²) >= 11 is 0. The highest BCUT2D eigenvalue weighted by atomic mass is 16.5. The molecule has 1 fully saturated rings. The molecule has 2 amide bonds. The number of nitrogens with one attached hydrogen (secondary N) is 2. The predicted molar refractivity (Wildman–Crippen MR) is 116 cm³/mol. The smallest absolute Gasteiger partial charge is 0.251 e. The van der Waals surface area contributed by atoms with Crippen LogP contribution in [-0.4, -0.2) is 58.8 Å². The van der Waals surface area contributed by atoms with Gasteiger partial charge in [0.25, 0.3) is 5.91 Å². The van der Waals surface area contributed by atoms with Crippen LogP contribution in [0.15, 0.2) is 36.5 Å². The first-order valence-corrected chi connectivity index (χ1v) is 10.4. The number of anilines is 1. The fourth-order valence-electron chi connectivity index (χ4n) is 3.69. The van der Waals surface area contributed by atoms with E-state index in [0.29, 0.717) is 17.1 Å². The summed E-state index contributed by atoms with van der Waals surface area (Å²) in [5.41, 5.74) is 0.589. The Kier molecular flexibility index (Phi) is 7.10. The Morgan fingerprint density at radius 2 is 1.90 bits per heavy atom. The maximum absolute atomic E-state index is 12.7. The molecule has 2 aromatic rings. The van der Waals surface area contributed by atoms with Gasteiger partial charge in [0.1, 0.15) is 11.6 Å². The van der Waals surface area contributed by atoms with Crippen LogP contribution in [0.3, 0.4) is 0 Å². The normalized spacial score (nSPS) is 16.3. The van der Waals surface area contributed by atoms with E-state index in [1.165, 1.54) is 0 Å². The molecule has 8 heteroatoms. The Hall–Kier alpha value is -2.87. The van der Waals surface area contributed by atoms with Gasteiger partial charge in [-0.25, -0.2) is 4.68 Å². The van der Waals surface area contributed by atoms with Crippen molar-refractivity contribution in [3.8, 4) is 5.75 Å². The van der Waals surface area contributed by atoms with E-state index in [-0.39, 0.29) is 29.9 Å². The highest BCUT2D eigenvalue weighted by molar-refractivity contribution is 5.95. The molecular formula is C22H31N5O3. The monoisotopic (exact) mass is 413 g/mol. The van der Waals surface area contributed by atoms with Crippen LogP contribution >= 0.6 is 0 Å². The molecule has 1 aliphatic heterocycles. The first kappa shape index (κ1) is 21.8. The van der Waals surface area contributed by atoms with Crippen molar-refractivity contribution in [1.29, 1.82) is 0 Å². The Labute approximate surface area is 177 Å². The van der Waals surface area contributed by atoms with E-state index in [1.54, 1.807) is 30.1 Å². The number of nitrogens with zero attached hydrogens (tertiary/aromatic N) is 3. The molecule has 0 unspecified atom stereocenters. The molecule has 30 heavy (non-hydrogen) atoms. The summed E-state index contributed by atoms with van der Waals surface area (Å²) in [5.74, 6) is 1.23. The lowest BCUT2D eigenvalue weighted by atomic mass is 10.0. The molecule has 3 rings (SSSR count). The first-order chi connectivity index (χ1) is 14.4. The number of hydrogen-bond acceptors (Lipinski definition) is 5. The van der Waals surface area contributed by atoms with E-state index in [2.05, 4.69) is 20.6 Å². The molecule has 8 nitrogen and oxygen atoms in total. The second kappa shape index (κ2) is 9.75. The van der Waals surface area contributed by atoms with Gasteiger partial charge in [-0.3, -0.25) is 14.5 Å². The fourth-order valence-corrected chi connectivity index (χ4v) is 3.69. The lowest BCUT2D eigenvalue weighted by molar-refractivity contribution is -0.121. The summed E-state index contributed by atoms with van der Waals surface area (Å²) < 4.78 is 6.98. The van der Waals surface area contributed by atoms with E-state index < -0.39 is 0 Å². The summed E-state index contributed by atoms with van der Waals surface area (Å²) in [6.07, 6.45) is 3.30. The lowest BCUT2D eigenvalue weighted by Crippen LogP contribution is -2.50. The zero-order valence-electron chi connectivity index (χ0n) is 18.1. The van der Waals surface area contributed by atoms with E-state index >= 15 is 0 Å². The van der Waals surface area contributed by atoms with Gasteiger partial charge in [-0.05, 0) is 51.8 Å². The lowest BCUT2D eigenvalue weighted by Gasteiger charge is -2.35. The molecule has 1 aromatic heterocycles. The van der Waals surface area contributed by atoms with E-state index in [4.69, 9.17) is 4.74 Å². The Morgan fingerprint density at radius 1 is 1.17 bits per heavy atom. The number of ether oxygens (including phenoxy) is 1. The molecule has 0 bridgehead atoms. The number of aromatic nitrogens is 2. The molecular weight excluding hydrogens is 382 g/mol. The Bertz CT molecular complexity index is 871. The molecule has 1 aromatic carbocycles. The van der Waals surface area contributed by atoms with Crippen LogP contribution in [0, 0.1) is 0 Å². The van der Waals surface area contributed by atoms with Crippen LogP contribution < -0.4 is 15.4 Å². The minimum absolute atomic E-state index is 0.0451. The molecule has 0 aliphatic carbocycles. The summed E-state index contributed by atoms with van der Waals surface area (Å²) in [6, 6.07) is 8.96. The van der Waals surface area contributed by atoms with Crippen LogP contribution in [0.2, 0.25) is 0 Å². The second-order valence-corrected chi connectivity index (χ2v) is 7.94. The second-order valence-electron chi connectivity index (χ2n) is 7.94. The summed E-state index contributed by atoms with van der Waals surface area (Å²) in [5, 5.41) is 10.3. The quantitative estimate of drug-likeness (QED) is 0.729. The number of likely N-dealkylation sites (tertiary alicyclic amines) is 1. The SMILES string of the molecule is COc1cccc(C(=O)NC2CCN([C@H](C)C(=O)Nc3ccnn3C(C)C)CC2)c1. The van der Waals surface area contributed by atoms with Gasteiger partial charge in [-0.1, -0.05) is 6.07 Å². The number of methoxy groups -OCH3 is 1. The van der Waals surface area contributed by atoms with Gasteiger partial charge < -0.3 is 15.4 Å². The molecule has 2 heterocycles. The summed E-state index contributed by atoms with van der Waals surface area (Å²) in [4.78, 5) is 27.4. The van der Waals surface area contributed by atoms with Crippen molar-refractivity contribution in [2.75, 3.05) is 25.5 Å². The molecule has 1 aliphatic rings. The van der Waals surface area contributed by atoms with Crippen LogP contribution in [0.1, 0.15) is 50.0 Å². The fraction of sp³-hybridized carbons (Fsp3) is 0.500. The number of carbonyl (C=O) groups excluding carboxylic acids is 2. The largest absolute Gasteiger partial charge is 0.497 e. The zero-order chi connectivity index (χ0) is 21.7. The Morgan fingerprint density at radius 3 is 2.57 bits per heavy atom. The minimum Gasteiger partial charge on any atom is -0.497 e. The number of piperidine rings is 1. The van der Waals surface area contributed by atoms with E-state index in [9.17, 15) is 9.59 Å². The van der Waals surface area contributed by atoms with Crippen LogP contribution in [0.4, 0.5) is 5.82 Å². The topological polar surface area (TPSA) is 88.5 Å². The third-order valence-electron chi connectivity index (χ3n) is 5.53. The van der Waals surface area contributed by atoms with Gasteiger partial charge >= 0.3 is 0 Å². The summed E-state index contributed by atoms with van der Waals surface area (Å²) in [6.45, 7) is 7.47. The highest BCUT2D eigenvalue weighted by Gasteiger charge is 2.28. The van der Waals surface area contributed by atoms with Crippen molar-refractivity contribution >= 4 is 17.6 Å². The average molecular weight is 414 g/mol. The molecule has 0 spiro atoms. The van der Waals surface area contributed by atoms with Crippen molar-refractivity contribution in [2.45, 2.75) is 51.7 Å². The molecule has 0 saturated carbocycles. The summed E-state index contributed by atoms with van der Waals surface area (Å²) in [7, 11) is 1.58. The van der Waals surface area contributed by atoms with Gasteiger partial charge in [-0.2, -0.15) is 5.10 Å². The molecule has 2 N–H and O–H groups in total. The maximum atomic E-state index is 12.7. The molecule has 162 valence electrons. The number of benzene rings is 1. The minimum atomic E-state index is -0.254. The average Bonchev–Trinajstić information content (AvgIpc) is 3.22.